The zero-order valence-corrected chi connectivity index (χ0v) is 24.8. The van der Waals surface area contributed by atoms with Crippen LogP contribution in [0.2, 0.25) is 0 Å². The van der Waals surface area contributed by atoms with E-state index >= 15 is 0 Å². The van der Waals surface area contributed by atoms with Gasteiger partial charge in [-0.2, -0.15) is 36.0 Å². The van der Waals surface area contributed by atoms with Crippen LogP contribution in [0.15, 0.2) is 101 Å². The van der Waals surface area contributed by atoms with Crippen molar-refractivity contribution in [2.45, 2.75) is 9.79 Å². The fourth-order valence-corrected chi connectivity index (χ4v) is 5.43. The van der Waals surface area contributed by atoms with E-state index in [2.05, 4.69) is 85.9 Å². The smallest absolute Gasteiger partial charge is 0.0659 e. The number of para-hydroxylation sites is 2. The average Bonchev–Trinajstić information content (AvgIpc) is 3.74. The Labute approximate surface area is 242 Å². The Balaban J connectivity index is 0.000000158. The molecule has 3 N–H and O–H groups in total. The van der Waals surface area contributed by atoms with Gasteiger partial charge < -0.3 is 15.3 Å². The van der Waals surface area contributed by atoms with Gasteiger partial charge in [-0.25, -0.2) is 9.97 Å². The van der Waals surface area contributed by atoms with Gasteiger partial charge in [0, 0.05) is 52.1 Å². The minimum absolute atomic E-state index is 0. The molecule has 6 heterocycles. The summed E-state index contributed by atoms with van der Waals surface area (Å²) >= 11 is 1.79. The van der Waals surface area contributed by atoms with Crippen LogP contribution in [0.25, 0.3) is 46.4 Å². The Morgan fingerprint density at radius 3 is 1.74 bits per heavy atom. The first-order valence-corrected chi connectivity index (χ1v) is 13.1. The first kappa shape index (κ1) is 25.1. The number of benzene rings is 2. The fourth-order valence-electron chi connectivity index (χ4n) is 4.46. The van der Waals surface area contributed by atoms with Gasteiger partial charge in [0.05, 0.1) is 22.8 Å². The maximum Gasteiger partial charge on any atom is 0.0659 e. The van der Waals surface area contributed by atoms with E-state index in [0.717, 1.165) is 50.5 Å². The molecule has 39 heavy (non-hydrogen) atoms. The molecule has 0 aliphatic carbocycles. The van der Waals surface area contributed by atoms with Crippen molar-refractivity contribution >= 4 is 69.5 Å². The Kier molecular flexibility index (Phi) is 7.01. The molecule has 8 rings (SSSR count). The second-order valence-electron chi connectivity index (χ2n) is 9.04. The van der Waals surface area contributed by atoms with Crippen molar-refractivity contribution in [3.05, 3.63) is 120 Å². The molecule has 5 aromatic rings. The largest absolute Gasteiger partial charge is 0.377 e. The molecule has 8 bridgehead atoms. The molecule has 0 amide bonds. The van der Waals surface area contributed by atoms with Crippen LogP contribution in [0.3, 0.4) is 0 Å². The van der Waals surface area contributed by atoms with Gasteiger partial charge in [0.25, 0.3) is 0 Å². The van der Waals surface area contributed by atoms with E-state index in [4.69, 9.17) is 0 Å². The van der Waals surface area contributed by atoms with E-state index in [1.165, 1.54) is 15.5 Å². The van der Waals surface area contributed by atoms with Crippen LogP contribution in [0.1, 0.15) is 22.8 Å². The summed E-state index contributed by atoms with van der Waals surface area (Å²) in [7, 11) is 0. The molecule has 0 saturated heterocycles. The van der Waals surface area contributed by atoms with E-state index in [9.17, 15) is 0 Å². The minimum Gasteiger partial charge on any atom is -0.377 e. The summed E-state index contributed by atoms with van der Waals surface area (Å²) in [4.78, 5) is 18.5. The molecule has 7 heteroatoms. The van der Waals surface area contributed by atoms with Gasteiger partial charge in [-0.05, 0) is 85.0 Å². The second-order valence-corrected chi connectivity index (χ2v) is 10.1. The zero-order chi connectivity index (χ0) is 25.3. The fraction of sp³-hybridized carbons (Fsp3) is 0. The molecular formula is C32H22N5SZn-. The SMILES string of the molecule is C1=Cc2cc3ccc(cc4ccc(cc5nc(cc1n2)C=C5)[nH]4)[nH]3.[Zn].[c-]1cccc2c1Nc1ccccc1S2. The molecule has 5 nitrogen and oxygen atoms in total. The normalized spacial score (nSPS) is 12.3. The monoisotopic (exact) mass is 572 g/mol. The molecule has 184 valence electrons. The Bertz CT molecular complexity index is 1720. The number of nitrogens with one attached hydrogen (secondary N) is 3. The number of aromatic amines is 2. The van der Waals surface area contributed by atoms with Crippen LogP contribution >= 0.6 is 11.8 Å². The summed E-state index contributed by atoms with van der Waals surface area (Å²) in [5.74, 6) is 0. The number of hydrogen-bond acceptors (Lipinski definition) is 4. The maximum absolute atomic E-state index is 4.62. The van der Waals surface area contributed by atoms with Crippen LogP contribution in [-0.2, 0) is 19.5 Å². The van der Waals surface area contributed by atoms with Gasteiger partial charge in [0.15, 0.2) is 0 Å². The van der Waals surface area contributed by atoms with Gasteiger partial charge in [-0.3, -0.25) is 0 Å². The van der Waals surface area contributed by atoms with Crippen molar-refractivity contribution < 1.29 is 19.5 Å². The van der Waals surface area contributed by atoms with Gasteiger partial charge in [0.1, 0.15) is 0 Å². The topological polar surface area (TPSA) is 69.4 Å². The number of rotatable bonds is 0. The number of fused-ring (bicyclic) bond motifs is 10. The predicted molar refractivity (Wildman–Crippen MR) is 158 cm³/mol. The Morgan fingerprint density at radius 1 is 0.564 bits per heavy atom. The quantitative estimate of drug-likeness (QED) is 0.126. The van der Waals surface area contributed by atoms with Gasteiger partial charge in [-0.15, -0.1) is 0 Å². The van der Waals surface area contributed by atoms with Crippen molar-refractivity contribution in [2.75, 3.05) is 5.32 Å². The molecule has 0 unspecified atom stereocenters. The molecule has 0 fully saturated rings. The van der Waals surface area contributed by atoms with Crippen LogP contribution in [-0.4, -0.2) is 19.9 Å². The summed E-state index contributed by atoms with van der Waals surface area (Å²) in [5.41, 5.74) is 10.1. The molecule has 0 radical (unpaired) electrons. The molecule has 2 aromatic carbocycles. The molecule has 0 saturated carbocycles. The first-order valence-electron chi connectivity index (χ1n) is 12.3. The molecular weight excluding hydrogens is 552 g/mol. The van der Waals surface area contributed by atoms with Gasteiger partial charge in [-0.1, -0.05) is 22.7 Å². The molecule has 3 aliphatic rings. The third kappa shape index (κ3) is 5.65. The van der Waals surface area contributed by atoms with E-state index in [1.807, 2.05) is 60.7 Å². The van der Waals surface area contributed by atoms with Crippen molar-refractivity contribution in [1.82, 2.24) is 19.9 Å². The van der Waals surface area contributed by atoms with Crippen molar-refractivity contribution in [3.8, 4) is 0 Å². The Hall–Kier alpha value is -4.19. The summed E-state index contributed by atoms with van der Waals surface area (Å²) in [6, 6.07) is 34.0. The standard InChI is InChI=1S/C20H14N4.C12H8NS.Zn/c1-2-14-10-16-5-6-18(23-16)12-20-8-7-19(24-20)11-17-4-3-15(22-17)9-13(1)21-14;1-3-7-11-9(5-1)13-10-6-2-4-8-12(10)14-11;/h1-12,21-22H;1-5,7-8,13H;/q;-1;. The van der Waals surface area contributed by atoms with Crippen molar-refractivity contribution in [1.29, 1.82) is 0 Å². The van der Waals surface area contributed by atoms with E-state index in [-0.39, 0.29) is 19.5 Å². The third-order valence-electron chi connectivity index (χ3n) is 6.23. The molecule has 0 atom stereocenters. The molecule has 3 aliphatic heterocycles. The van der Waals surface area contributed by atoms with Crippen molar-refractivity contribution in [3.63, 3.8) is 0 Å². The van der Waals surface area contributed by atoms with E-state index in [1.54, 1.807) is 11.8 Å². The van der Waals surface area contributed by atoms with E-state index < -0.39 is 0 Å². The van der Waals surface area contributed by atoms with Crippen molar-refractivity contribution in [2.24, 2.45) is 0 Å². The summed E-state index contributed by atoms with van der Waals surface area (Å²) in [6.07, 6.45) is 8.05. The second kappa shape index (κ2) is 10.9. The maximum atomic E-state index is 4.62. The number of H-pyrrole nitrogens is 2. The number of hydrogen-bond donors (Lipinski definition) is 3. The number of nitrogens with zero attached hydrogens (tertiary/aromatic N) is 2. The minimum atomic E-state index is 0. The van der Waals surface area contributed by atoms with Crippen LogP contribution in [0.4, 0.5) is 11.4 Å². The molecule has 3 aromatic heterocycles. The zero-order valence-electron chi connectivity index (χ0n) is 21.0. The molecule has 0 spiro atoms. The van der Waals surface area contributed by atoms with E-state index in [0.29, 0.717) is 0 Å². The first-order chi connectivity index (χ1) is 18.7. The number of anilines is 2. The predicted octanol–water partition coefficient (Wildman–Crippen LogP) is 8.35. The average molecular weight is 574 g/mol. The van der Waals surface area contributed by atoms with Crippen LogP contribution < -0.4 is 5.32 Å². The summed E-state index contributed by atoms with van der Waals surface area (Å²) in [5, 5.41) is 3.36. The van der Waals surface area contributed by atoms with Gasteiger partial charge >= 0.3 is 0 Å². The van der Waals surface area contributed by atoms with Gasteiger partial charge in [0.2, 0.25) is 0 Å². The third-order valence-corrected chi connectivity index (χ3v) is 7.36. The summed E-state index contributed by atoms with van der Waals surface area (Å²) < 4.78 is 0. The number of aromatic nitrogens is 4. The Morgan fingerprint density at radius 2 is 1.10 bits per heavy atom. The summed E-state index contributed by atoms with van der Waals surface area (Å²) in [6.45, 7) is 0. The van der Waals surface area contributed by atoms with Crippen LogP contribution in [0, 0.1) is 6.07 Å². The van der Waals surface area contributed by atoms with Crippen LogP contribution in [0.5, 0.6) is 0 Å².